The van der Waals surface area contributed by atoms with E-state index in [1.807, 2.05) is 0 Å². The topological polar surface area (TPSA) is 47.6 Å². The molecule has 4 nitrogen and oxygen atoms in total. The first kappa shape index (κ1) is 19.7. The molecule has 2 fully saturated rings. The molecule has 2 unspecified atom stereocenters. The Hall–Kier alpha value is -0.610. The Morgan fingerprint density at radius 1 is 0.958 bits per heavy atom. The molecule has 2 rings (SSSR count). The molecule has 0 heterocycles. The third-order valence-electron chi connectivity index (χ3n) is 5.65. The van der Waals surface area contributed by atoms with Gasteiger partial charge in [-0.05, 0) is 44.4 Å². The second-order valence-corrected chi connectivity index (χ2v) is 7.89. The maximum atomic E-state index is 11.5. The largest absolute Gasteiger partial charge is 0.379 e. The fourth-order valence-corrected chi connectivity index (χ4v) is 4.03. The van der Waals surface area contributed by atoms with Gasteiger partial charge >= 0.3 is 0 Å². The number of carbonyl (C=O) groups is 1. The fourth-order valence-electron chi connectivity index (χ4n) is 4.03. The lowest BCUT2D eigenvalue weighted by Crippen LogP contribution is -2.46. The molecule has 2 aliphatic rings. The highest BCUT2D eigenvalue weighted by atomic mass is 16.5. The Balaban J connectivity index is 1.69. The third-order valence-corrected chi connectivity index (χ3v) is 5.65. The number of hydrogen-bond acceptors (Lipinski definition) is 3. The van der Waals surface area contributed by atoms with Crippen LogP contribution in [0.25, 0.3) is 0 Å². The quantitative estimate of drug-likeness (QED) is 0.689. The van der Waals surface area contributed by atoms with Crippen molar-refractivity contribution in [2.24, 2.45) is 11.8 Å². The normalized spacial score (nSPS) is 22.9. The molecule has 0 saturated heterocycles. The van der Waals surface area contributed by atoms with Crippen LogP contribution in [-0.4, -0.2) is 37.9 Å². The van der Waals surface area contributed by atoms with E-state index in [2.05, 4.69) is 12.2 Å². The Kier molecular flexibility index (Phi) is 9.11. The molecule has 0 bridgehead atoms. The van der Waals surface area contributed by atoms with Gasteiger partial charge in [0.1, 0.15) is 0 Å². The number of hydrogen-bond donors (Lipinski definition) is 1. The van der Waals surface area contributed by atoms with Crippen LogP contribution in [0.5, 0.6) is 0 Å². The van der Waals surface area contributed by atoms with Gasteiger partial charge in [0.15, 0.2) is 0 Å². The highest BCUT2D eigenvalue weighted by molar-refractivity contribution is 5.73. The van der Waals surface area contributed by atoms with Gasteiger partial charge in [0.25, 0.3) is 0 Å². The zero-order valence-electron chi connectivity index (χ0n) is 15.7. The zero-order chi connectivity index (χ0) is 17.2. The fraction of sp³-hybridized carbons (Fsp3) is 0.950. The van der Waals surface area contributed by atoms with E-state index in [-0.39, 0.29) is 18.1 Å². The van der Waals surface area contributed by atoms with Crippen molar-refractivity contribution in [2.45, 2.75) is 90.2 Å². The smallest absolute Gasteiger partial charge is 0.217 e. The molecule has 24 heavy (non-hydrogen) atoms. The van der Waals surface area contributed by atoms with Gasteiger partial charge in [0, 0.05) is 20.1 Å². The molecule has 0 radical (unpaired) electrons. The first-order valence-electron chi connectivity index (χ1n) is 10.1. The van der Waals surface area contributed by atoms with Gasteiger partial charge in [0.2, 0.25) is 5.91 Å². The van der Waals surface area contributed by atoms with E-state index in [0.29, 0.717) is 18.4 Å². The van der Waals surface area contributed by atoms with E-state index in [1.165, 1.54) is 64.2 Å². The van der Waals surface area contributed by atoms with Crippen LogP contribution in [0.2, 0.25) is 0 Å². The van der Waals surface area contributed by atoms with Crippen LogP contribution in [0.1, 0.15) is 78.1 Å². The summed E-state index contributed by atoms with van der Waals surface area (Å²) in [5, 5.41) is 3.02. The van der Waals surface area contributed by atoms with Crippen LogP contribution < -0.4 is 5.32 Å². The van der Waals surface area contributed by atoms with E-state index in [9.17, 15) is 4.79 Å². The van der Waals surface area contributed by atoms with Gasteiger partial charge in [0.05, 0.1) is 18.8 Å². The van der Waals surface area contributed by atoms with Crippen LogP contribution >= 0.6 is 0 Å². The molecule has 0 aromatic rings. The maximum absolute atomic E-state index is 11.5. The van der Waals surface area contributed by atoms with Crippen molar-refractivity contribution in [1.29, 1.82) is 0 Å². The minimum Gasteiger partial charge on any atom is -0.379 e. The predicted octanol–water partition coefficient (Wildman–Crippen LogP) is 4.07. The lowest BCUT2D eigenvalue weighted by Gasteiger charge is -2.29. The maximum Gasteiger partial charge on any atom is 0.217 e. The highest BCUT2D eigenvalue weighted by Gasteiger charge is 2.22. The zero-order valence-corrected chi connectivity index (χ0v) is 15.7. The number of carbonyl (C=O) groups excluding carboxylic acids is 1. The molecular formula is C20H37NO3. The van der Waals surface area contributed by atoms with Crippen LogP contribution in [0, 0.1) is 11.8 Å². The Labute approximate surface area is 148 Å². The molecular weight excluding hydrogens is 302 g/mol. The molecule has 1 amide bonds. The molecule has 0 aromatic carbocycles. The summed E-state index contributed by atoms with van der Waals surface area (Å²) in [5.74, 6) is 1.40. The van der Waals surface area contributed by atoms with Crippen LogP contribution in [0.4, 0.5) is 0 Å². The van der Waals surface area contributed by atoms with Gasteiger partial charge in [-0.3, -0.25) is 4.79 Å². The van der Waals surface area contributed by atoms with E-state index < -0.39 is 0 Å². The molecule has 1 N–H and O–H groups in total. The Morgan fingerprint density at radius 3 is 2.04 bits per heavy atom. The van der Waals surface area contributed by atoms with Crippen LogP contribution in [0.15, 0.2) is 0 Å². The highest BCUT2D eigenvalue weighted by Crippen LogP contribution is 2.25. The molecule has 140 valence electrons. The third kappa shape index (κ3) is 7.52. The summed E-state index contributed by atoms with van der Waals surface area (Å²) >= 11 is 0. The van der Waals surface area contributed by atoms with E-state index in [0.717, 1.165) is 13.2 Å². The predicted molar refractivity (Wildman–Crippen MR) is 97.0 cm³/mol. The summed E-state index contributed by atoms with van der Waals surface area (Å²) in [6, 6.07) is -0.0466. The van der Waals surface area contributed by atoms with E-state index >= 15 is 0 Å². The number of ether oxygens (including phenoxy) is 2. The van der Waals surface area contributed by atoms with E-state index in [1.54, 1.807) is 6.92 Å². The summed E-state index contributed by atoms with van der Waals surface area (Å²) in [6.45, 7) is 5.84. The van der Waals surface area contributed by atoms with Gasteiger partial charge in [-0.15, -0.1) is 0 Å². The van der Waals surface area contributed by atoms with Gasteiger partial charge < -0.3 is 14.8 Å². The number of nitrogens with one attached hydrogen (secondary N) is 1. The van der Waals surface area contributed by atoms with E-state index in [4.69, 9.17) is 9.47 Å². The van der Waals surface area contributed by atoms with Crippen molar-refractivity contribution < 1.29 is 14.3 Å². The Bertz CT molecular complexity index is 349. The van der Waals surface area contributed by atoms with Crippen molar-refractivity contribution in [2.75, 3.05) is 19.8 Å². The molecule has 2 aliphatic carbocycles. The van der Waals surface area contributed by atoms with Crippen molar-refractivity contribution in [3.8, 4) is 0 Å². The second-order valence-electron chi connectivity index (χ2n) is 7.89. The summed E-state index contributed by atoms with van der Waals surface area (Å²) in [7, 11) is 0. The SMILES string of the molecule is CC(=O)NC(COCC1CCCCC1)C(C)OCC1CCCCC1. The number of amides is 1. The summed E-state index contributed by atoms with van der Waals surface area (Å²) in [6.07, 6.45) is 13.2. The molecule has 2 atom stereocenters. The van der Waals surface area contributed by atoms with Crippen molar-refractivity contribution >= 4 is 5.91 Å². The van der Waals surface area contributed by atoms with Crippen LogP contribution in [-0.2, 0) is 14.3 Å². The second kappa shape index (κ2) is 11.1. The molecule has 0 aromatic heterocycles. The summed E-state index contributed by atoms with van der Waals surface area (Å²) in [4.78, 5) is 11.5. The summed E-state index contributed by atoms with van der Waals surface area (Å²) in [5.41, 5.74) is 0. The van der Waals surface area contributed by atoms with Gasteiger partial charge in [-0.1, -0.05) is 38.5 Å². The van der Waals surface area contributed by atoms with Crippen molar-refractivity contribution in [3.05, 3.63) is 0 Å². The monoisotopic (exact) mass is 339 g/mol. The van der Waals surface area contributed by atoms with Crippen LogP contribution in [0.3, 0.4) is 0 Å². The Morgan fingerprint density at radius 2 is 1.50 bits per heavy atom. The molecule has 4 heteroatoms. The molecule has 2 saturated carbocycles. The van der Waals surface area contributed by atoms with Crippen molar-refractivity contribution in [3.63, 3.8) is 0 Å². The molecule has 0 aliphatic heterocycles. The van der Waals surface area contributed by atoms with Gasteiger partial charge in [-0.25, -0.2) is 0 Å². The lowest BCUT2D eigenvalue weighted by molar-refractivity contribution is -0.122. The van der Waals surface area contributed by atoms with Gasteiger partial charge in [-0.2, -0.15) is 0 Å². The standard InChI is InChI=1S/C20H37NO3/c1-16(24-14-19-11-7-4-8-12-19)20(21-17(2)22)15-23-13-18-9-5-3-6-10-18/h16,18-20H,3-15H2,1-2H3,(H,21,22). The average Bonchev–Trinajstić information content (AvgIpc) is 2.60. The summed E-state index contributed by atoms with van der Waals surface area (Å²) < 4.78 is 12.0. The van der Waals surface area contributed by atoms with Crippen molar-refractivity contribution in [1.82, 2.24) is 5.32 Å². The lowest BCUT2D eigenvalue weighted by atomic mass is 9.90. The minimum atomic E-state index is -0.0466. The molecule has 0 spiro atoms. The first-order chi connectivity index (χ1) is 11.6. The minimum absolute atomic E-state index is 0.00202. The average molecular weight is 340 g/mol. The first-order valence-corrected chi connectivity index (χ1v) is 10.1. The number of rotatable bonds is 9.